The summed E-state index contributed by atoms with van der Waals surface area (Å²) in [7, 11) is -2.98. The maximum Gasteiger partial charge on any atom is 0.150 e. The zero-order valence-corrected chi connectivity index (χ0v) is 12.8. The van der Waals surface area contributed by atoms with E-state index in [9.17, 15) is 8.42 Å². The van der Waals surface area contributed by atoms with Gasteiger partial charge >= 0.3 is 0 Å². The normalized spacial score (nSPS) is 12.4. The first kappa shape index (κ1) is 15.9. The molecule has 0 aromatic carbocycles. The number of nitrogens with zero attached hydrogens (tertiary/aromatic N) is 1. The van der Waals surface area contributed by atoms with Gasteiger partial charge in [-0.2, -0.15) is 0 Å². The summed E-state index contributed by atoms with van der Waals surface area (Å²) in [6.45, 7) is 7.12. The zero-order valence-electron chi connectivity index (χ0n) is 11.9. The minimum Gasteiger partial charge on any atom is -0.491 e. The maximum atomic E-state index is 11.0. The van der Waals surface area contributed by atoms with Crippen molar-refractivity contribution in [2.45, 2.75) is 32.9 Å². The summed E-state index contributed by atoms with van der Waals surface area (Å²) in [5.41, 5.74) is 0.970. The van der Waals surface area contributed by atoms with Gasteiger partial charge < -0.3 is 10.1 Å². The number of sulfone groups is 1. The lowest BCUT2D eigenvalue weighted by molar-refractivity contribution is 0.339. The molecule has 5 nitrogen and oxygen atoms in total. The highest BCUT2D eigenvalue weighted by Crippen LogP contribution is 2.10. The molecule has 1 rings (SSSR count). The largest absolute Gasteiger partial charge is 0.491 e. The second kappa shape index (κ2) is 6.34. The summed E-state index contributed by atoms with van der Waals surface area (Å²) in [6, 6.07) is 3.67. The minimum absolute atomic E-state index is 0.0142. The number of nitrogens with one attached hydrogen (secondary N) is 1. The number of pyridine rings is 1. The smallest absolute Gasteiger partial charge is 0.150 e. The summed E-state index contributed by atoms with van der Waals surface area (Å²) in [6.07, 6.45) is 2.80. The highest BCUT2D eigenvalue weighted by atomic mass is 32.2. The Balaban J connectivity index is 2.43. The van der Waals surface area contributed by atoms with Crippen LogP contribution in [0.5, 0.6) is 5.75 Å². The molecule has 1 heterocycles. The SMILES string of the molecule is CC(C)(C)NCc1ccc(OCCS(C)(=O)=O)cn1. The summed E-state index contributed by atoms with van der Waals surface area (Å²) < 4.78 is 27.2. The molecule has 0 saturated carbocycles. The van der Waals surface area contributed by atoms with Crippen LogP contribution in [0.1, 0.15) is 26.5 Å². The van der Waals surface area contributed by atoms with Crippen LogP contribution in [0.2, 0.25) is 0 Å². The fraction of sp³-hybridized carbons (Fsp3) is 0.615. The third kappa shape index (κ3) is 7.79. The average Bonchev–Trinajstić information content (AvgIpc) is 2.25. The van der Waals surface area contributed by atoms with Crippen LogP contribution in [0.15, 0.2) is 18.3 Å². The summed E-state index contributed by atoms with van der Waals surface area (Å²) >= 11 is 0. The van der Waals surface area contributed by atoms with Crippen LogP contribution in [0.4, 0.5) is 0 Å². The van der Waals surface area contributed by atoms with E-state index in [1.807, 2.05) is 6.07 Å². The monoisotopic (exact) mass is 286 g/mol. The topological polar surface area (TPSA) is 68.3 Å². The first-order valence-corrected chi connectivity index (χ1v) is 8.22. The number of hydrogen-bond donors (Lipinski definition) is 1. The van der Waals surface area contributed by atoms with Gasteiger partial charge in [0.15, 0.2) is 9.84 Å². The first-order valence-electron chi connectivity index (χ1n) is 6.16. The third-order valence-corrected chi connectivity index (χ3v) is 3.23. The van der Waals surface area contributed by atoms with Crippen molar-refractivity contribution in [3.05, 3.63) is 24.0 Å². The summed E-state index contributed by atoms with van der Waals surface area (Å²) in [5.74, 6) is 0.600. The van der Waals surface area contributed by atoms with E-state index in [-0.39, 0.29) is 17.9 Å². The molecule has 0 fully saturated rings. The quantitative estimate of drug-likeness (QED) is 0.856. The molecule has 0 spiro atoms. The number of hydrogen-bond acceptors (Lipinski definition) is 5. The molecule has 0 atom stereocenters. The zero-order chi connectivity index (χ0) is 14.5. The Morgan fingerprint density at radius 3 is 2.47 bits per heavy atom. The molecule has 0 radical (unpaired) electrons. The summed E-state index contributed by atoms with van der Waals surface area (Å²) in [4.78, 5) is 4.26. The Kier molecular flexibility index (Phi) is 5.31. The Morgan fingerprint density at radius 2 is 2.00 bits per heavy atom. The van der Waals surface area contributed by atoms with Crippen LogP contribution in [-0.4, -0.2) is 37.6 Å². The molecule has 0 saturated heterocycles. The van der Waals surface area contributed by atoms with Gasteiger partial charge in [0.1, 0.15) is 12.4 Å². The van der Waals surface area contributed by atoms with Crippen molar-refractivity contribution >= 4 is 9.84 Å². The molecule has 1 aromatic heterocycles. The van der Waals surface area contributed by atoms with E-state index >= 15 is 0 Å². The van der Waals surface area contributed by atoms with E-state index in [2.05, 4.69) is 31.1 Å². The molecular weight excluding hydrogens is 264 g/mol. The van der Waals surface area contributed by atoms with Crippen LogP contribution >= 0.6 is 0 Å². The van der Waals surface area contributed by atoms with Crippen LogP contribution < -0.4 is 10.1 Å². The highest BCUT2D eigenvalue weighted by molar-refractivity contribution is 7.90. The first-order chi connectivity index (χ1) is 8.66. The van der Waals surface area contributed by atoms with Crippen molar-refractivity contribution in [3.8, 4) is 5.75 Å². The molecule has 0 aliphatic rings. The molecule has 6 heteroatoms. The molecule has 1 aromatic rings. The molecule has 1 N–H and O–H groups in total. The van der Waals surface area contributed by atoms with Gasteiger partial charge in [0.25, 0.3) is 0 Å². The van der Waals surface area contributed by atoms with Crippen LogP contribution in [-0.2, 0) is 16.4 Å². The highest BCUT2D eigenvalue weighted by Gasteiger charge is 2.09. The van der Waals surface area contributed by atoms with Crippen LogP contribution in [0.3, 0.4) is 0 Å². The van der Waals surface area contributed by atoms with Gasteiger partial charge in [0, 0.05) is 18.3 Å². The van der Waals surface area contributed by atoms with Gasteiger partial charge in [-0.15, -0.1) is 0 Å². The Morgan fingerprint density at radius 1 is 1.32 bits per heavy atom. The summed E-state index contributed by atoms with van der Waals surface area (Å²) in [5, 5.41) is 3.34. The van der Waals surface area contributed by atoms with Gasteiger partial charge in [-0.25, -0.2) is 8.42 Å². The van der Waals surface area contributed by atoms with E-state index < -0.39 is 9.84 Å². The van der Waals surface area contributed by atoms with Crippen molar-refractivity contribution in [2.75, 3.05) is 18.6 Å². The molecule has 0 bridgehead atoms. The van der Waals surface area contributed by atoms with Gasteiger partial charge in [-0.1, -0.05) is 0 Å². The van der Waals surface area contributed by atoms with E-state index in [0.717, 1.165) is 5.69 Å². The molecule has 0 unspecified atom stereocenters. The Bertz CT molecular complexity index is 490. The van der Waals surface area contributed by atoms with Gasteiger partial charge in [0.05, 0.1) is 17.6 Å². The minimum atomic E-state index is -2.98. The lowest BCUT2D eigenvalue weighted by atomic mass is 10.1. The van der Waals surface area contributed by atoms with Gasteiger partial charge in [-0.05, 0) is 32.9 Å². The number of rotatable bonds is 6. The number of aromatic nitrogens is 1. The third-order valence-electron chi connectivity index (χ3n) is 2.32. The predicted octanol–water partition coefficient (Wildman–Crippen LogP) is 1.39. The second-order valence-corrected chi connectivity index (χ2v) is 7.83. The maximum absolute atomic E-state index is 11.0. The van der Waals surface area contributed by atoms with Crippen molar-refractivity contribution in [2.24, 2.45) is 0 Å². The Labute approximate surface area is 115 Å². The predicted molar refractivity (Wildman–Crippen MR) is 76.0 cm³/mol. The van der Waals surface area contributed by atoms with Crippen molar-refractivity contribution in [3.63, 3.8) is 0 Å². The van der Waals surface area contributed by atoms with E-state index in [0.29, 0.717) is 12.3 Å². The van der Waals surface area contributed by atoms with Crippen molar-refractivity contribution in [1.82, 2.24) is 10.3 Å². The average molecular weight is 286 g/mol. The van der Waals surface area contributed by atoms with Gasteiger partial charge in [-0.3, -0.25) is 4.98 Å². The number of ether oxygens (including phenoxy) is 1. The second-order valence-electron chi connectivity index (χ2n) is 5.57. The van der Waals surface area contributed by atoms with Crippen LogP contribution in [0, 0.1) is 0 Å². The standard InChI is InChI=1S/C13H22N2O3S/c1-13(2,3)15-9-11-5-6-12(10-14-11)18-7-8-19(4,16)17/h5-6,10,15H,7-9H2,1-4H3. The molecule has 108 valence electrons. The van der Waals surface area contributed by atoms with E-state index in [1.165, 1.54) is 6.26 Å². The van der Waals surface area contributed by atoms with Crippen LogP contribution in [0.25, 0.3) is 0 Å². The fourth-order valence-electron chi connectivity index (χ4n) is 1.27. The fourth-order valence-corrected chi connectivity index (χ4v) is 1.65. The molecular formula is C13H22N2O3S. The van der Waals surface area contributed by atoms with Gasteiger partial charge in [0.2, 0.25) is 0 Å². The van der Waals surface area contributed by atoms with Crippen molar-refractivity contribution in [1.29, 1.82) is 0 Å². The molecule has 0 aliphatic heterocycles. The van der Waals surface area contributed by atoms with E-state index in [4.69, 9.17) is 4.74 Å². The Hall–Kier alpha value is -1.14. The molecule has 0 amide bonds. The molecule has 19 heavy (non-hydrogen) atoms. The molecule has 0 aliphatic carbocycles. The van der Waals surface area contributed by atoms with E-state index in [1.54, 1.807) is 12.3 Å². The lowest BCUT2D eigenvalue weighted by Gasteiger charge is -2.20. The lowest BCUT2D eigenvalue weighted by Crippen LogP contribution is -2.35. The van der Waals surface area contributed by atoms with Crippen molar-refractivity contribution < 1.29 is 13.2 Å².